The molecule has 0 aliphatic carbocycles. The van der Waals surface area contributed by atoms with Crippen LogP contribution in [0.15, 0.2) is 28.8 Å². The van der Waals surface area contributed by atoms with E-state index in [1.165, 1.54) is 25.3 Å². The van der Waals surface area contributed by atoms with E-state index in [-0.39, 0.29) is 23.4 Å². The Morgan fingerprint density at radius 1 is 1.48 bits per heavy atom. The third-order valence-corrected chi connectivity index (χ3v) is 4.56. The van der Waals surface area contributed by atoms with Crippen molar-refractivity contribution in [3.8, 4) is 5.75 Å². The first-order valence-electron chi connectivity index (χ1n) is 8.89. The molecule has 2 aromatic rings. The predicted octanol–water partition coefficient (Wildman–Crippen LogP) is 3.91. The molecule has 9 nitrogen and oxygen atoms in total. The predicted molar refractivity (Wildman–Crippen MR) is 97.8 cm³/mol. The van der Waals surface area contributed by atoms with Crippen LogP contribution in [-0.4, -0.2) is 34.7 Å². The lowest BCUT2D eigenvalue weighted by molar-refractivity contribution is -0.384. The first-order valence-corrected chi connectivity index (χ1v) is 8.89. The number of nitrogens with zero attached hydrogens (tertiary/aromatic N) is 3. The molecule has 1 aromatic heterocycles. The fraction of sp³-hybridized carbons (Fsp3) is 0.444. The zero-order valence-electron chi connectivity index (χ0n) is 15.3. The Labute approximate surface area is 156 Å². The van der Waals surface area contributed by atoms with Crippen molar-refractivity contribution in [3.05, 3.63) is 45.8 Å². The maximum atomic E-state index is 12.8. The number of hydrogen-bond donors (Lipinski definition) is 1. The molecule has 1 aromatic carbocycles. The first kappa shape index (κ1) is 18.7. The molecule has 1 fully saturated rings. The summed E-state index contributed by atoms with van der Waals surface area (Å²) in [4.78, 5) is 25.0. The Kier molecular flexibility index (Phi) is 5.58. The summed E-state index contributed by atoms with van der Waals surface area (Å²) < 4.78 is 10.5. The minimum Gasteiger partial charge on any atom is -0.495 e. The van der Waals surface area contributed by atoms with Crippen molar-refractivity contribution in [1.82, 2.24) is 10.1 Å². The van der Waals surface area contributed by atoms with Crippen molar-refractivity contribution in [1.29, 1.82) is 0 Å². The van der Waals surface area contributed by atoms with Gasteiger partial charge in [-0.05, 0) is 25.3 Å². The summed E-state index contributed by atoms with van der Waals surface area (Å²) in [7, 11) is 1.44. The molecule has 0 bridgehead atoms. The highest BCUT2D eigenvalue weighted by Crippen LogP contribution is 2.34. The van der Waals surface area contributed by atoms with Crippen LogP contribution < -0.4 is 10.1 Å². The molecular formula is C18H22N4O5. The monoisotopic (exact) mass is 374 g/mol. The van der Waals surface area contributed by atoms with Gasteiger partial charge in [-0.1, -0.05) is 12.1 Å². The van der Waals surface area contributed by atoms with Gasteiger partial charge in [-0.2, -0.15) is 0 Å². The Morgan fingerprint density at radius 3 is 3.00 bits per heavy atom. The summed E-state index contributed by atoms with van der Waals surface area (Å²) in [5, 5.41) is 17.9. The molecule has 9 heteroatoms. The van der Waals surface area contributed by atoms with Crippen LogP contribution >= 0.6 is 0 Å². The highest BCUT2D eigenvalue weighted by Gasteiger charge is 2.32. The van der Waals surface area contributed by atoms with Gasteiger partial charge in [0.1, 0.15) is 17.2 Å². The Balaban J connectivity index is 1.78. The van der Waals surface area contributed by atoms with Crippen molar-refractivity contribution in [2.45, 2.75) is 38.6 Å². The van der Waals surface area contributed by atoms with E-state index in [9.17, 15) is 14.9 Å². The lowest BCUT2D eigenvalue weighted by atomic mass is 10.1. The normalized spacial score (nSPS) is 16.4. The third kappa shape index (κ3) is 4.02. The van der Waals surface area contributed by atoms with Crippen LogP contribution in [0, 0.1) is 10.1 Å². The quantitative estimate of drug-likeness (QED) is 0.606. The van der Waals surface area contributed by atoms with Gasteiger partial charge >= 0.3 is 6.03 Å². The fourth-order valence-electron chi connectivity index (χ4n) is 3.26. The molecule has 0 saturated carbocycles. The minimum absolute atomic E-state index is 0.121. The van der Waals surface area contributed by atoms with Crippen molar-refractivity contribution in [3.63, 3.8) is 0 Å². The van der Waals surface area contributed by atoms with Gasteiger partial charge in [-0.15, -0.1) is 0 Å². The standard InChI is InChI=1S/C18H22N4O5/c1-3-5-13-11-14(20-27-13)16-6-4-9-21(16)18(23)19-15-10-12(22(24)25)7-8-17(15)26-2/h7-8,10-11,16H,3-6,9H2,1-2H3,(H,19,23)/t16-/m0/s1. The Hall–Kier alpha value is -3.10. The number of anilines is 1. The number of hydrogen-bond acceptors (Lipinski definition) is 6. The molecule has 1 atom stereocenters. The van der Waals surface area contributed by atoms with E-state index < -0.39 is 4.92 Å². The molecule has 27 heavy (non-hydrogen) atoms. The second-order valence-electron chi connectivity index (χ2n) is 6.39. The number of aryl methyl sites for hydroxylation is 1. The van der Waals surface area contributed by atoms with Crippen LogP contribution in [0.1, 0.15) is 43.7 Å². The van der Waals surface area contributed by atoms with Crippen molar-refractivity contribution < 1.29 is 19.0 Å². The number of amides is 2. The molecule has 2 heterocycles. The van der Waals surface area contributed by atoms with Crippen molar-refractivity contribution >= 4 is 17.4 Å². The number of ether oxygens (including phenoxy) is 1. The third-order valence-electron chi connectivity index (χ3n) is 4.56. The molecule has 0 unspecified atom stereocenters. The topological polar surface area (TPSA) is 111 Å². The minimum atomic E-state index is -0.515. The largest absolute Gasteiger partial charge is 0.495 e. The summed E-state index contributed by atoms with van der Waals surface area (Å²) in [6.45, 7) is 2.63. The van der Waals surface area contributed by atoms with Gasteiger partial charge < -0.3 is 19.5 Å². The number of rotatable bonds is 6. The van der Waals surface area contributed by atoms with E-state index in [2.05, 4.69) is 17.4 Å². The van der Waals surface area contributed by atoms with Gasteiger partial charge in [0.2, 0.25) is 0 Å². The van der Waals surface area contributed by atoms with Gasteiger partial charge in [0.15, 0.2) is 0 Å². The van der Waals surface area contributed by atoms with Crippen molar-refractivity contribution in [2.75, 3.05) is 19.0 Å². The van der Waals surface area contributed by atoms with Crippen LogP contribution in [0.25, 0.3) is 0 Å². The number of nitro benzene ring substituents is 1. The number of benzene rings is 1. The maximum Gasteiger partial charge on any atom is 0.322 e. The highest BCUT2D eigenvalue weighted by molar-refractivity contribution is 5.92. The number of nitro groups is 1. The van der Waals surface area contributed by atoms with E-state index in [1.807, 2.05) is 6.07 Å². The number of aromatic nitrogens is 1. The van der Waals surface area contributed by atoms with Crippen LogP contribution in [0.4, 0.5) is 16.2 Å². The van der Waals surface area contributed by atoms with E-state index >= 15 is 0 Å². The Morgan fingerprint density at radius 2 is 2.30 bits per heavy atom. The zero-order valence-corrected chi connectivity index (χ0v) is 15.3. The van der Waals surface area contributed by atoms with Gasteiger partial charge in [0, 0.05) is 31.2 Å². The second-order valence-corrected chi connectivity index (χ2v) is 6.39. The van der Waals surface area contributed by atoms with Crippen LogP contribution in [0.5, 0.6) is 5.75 Å². The number of nitrogens with one attached hydrogen (secondary N) is 1. The highest BCUT2D eigenvalue weighted by atomic mass is 16.6. The van der Waals surface area contributed by atoms with E-state index in [0.717, 1.165) is 37.1 Å². The van der Waals surface area contributed by atoms with E-state index in [1.54, 1.807) is 4.90 Å². The molecule has 1 aliphatic heterocycles. The molecule has 0 spiro atoms. The molecular weight excluding hydrogens is 352 g/mol. The number of likely N-dealkylation sites (tertiary alicyclic amines) is 1. The number of carbonyl (C=O) groups is 1. The summed E-state index contributed by atoms with van der Waals surface area (Å²) in [5.74, 6) is 1.16. The van der Waals surface area contributed by atoms with E-state index in [4.69, 9.17) is 9.26 Å². The van der Waals surface area contributed by atoms with Gasteiger partial charge in [0.25, 0.3) is 5.69 Å². The molecule has 1 aliphatic rings. The van der Waals surface area contributed by atoms with Gasteiger partial charge in [-0.3, -0.25) is 10.1 Å². The summed E-state index contributed by atoms with van der Waals surface area (Å²) in [6, 6.07) is 5.45. The second kappa shape index (κ2) is 8.07. The smallest absolute Gasteiger partial charge is 0.322 e. The summed E-state index contributed by atoms with van der Waals surface area (Å²) in [6.07, 6.45) is 3.39. The van der Waals surface area contributed by atoms with Crippen LogP contribution in [0.2, 0.25) is 0 Å². The van der Waals surface area contributed by atoms with Gasteiger partial charge in [-0.25, -0.2) is 4.79 Å². The van der Waals surface area contributed by atoms with Crippen LogP contribution in [0.3, 0.4) is 0 Å². The SMILES string of the molecule is CCCc1cc([C@@H]2CCCN2C(=O)Nc2cc([N+](=O)[O-])ccc2OC)no1. The summed E-state index contributed by atoms with van der Waals surface area (Å²) in [5.41, 5.74) is 0.871. The summed E-state index contributed by atoms with van der Waals surface area (Å²) >= 11 is 0. The van der Waals surface area contributed by atoms with Crippen molar-refractivity contribution in [2.24, 2.45) is 0 Å². The van der Waals surface area contributed by atoms with Gasteiger partial charge in [0.05, 0.1) is 23.8 Å². The molecule has 0 radical (unpaired) electrons. The zero-order chi connectivity index (χ0) is 19.4. The van der Waals surface area contributed by atoms with E-state index in [0.29, 0.717) is 12.3 Å². The molecule has 1 N–H and O–H groups in total. The number of methoxy groups -OCH3 is 1. The maximum absolute atomic E-state index is 12.8. The fourth-order valence-corrected chi connectivity index (χ4v) is 3.26. The lowest BCUT2D eigenvalue weighted by Gasteiger charge is -2.23. The Bertz CT molecular complexity index is 835. The number of carbonyl (C=O) groups excluding carboxylic acids is 1. The lowest BCUT2D eigenvalue weighted by Crippen LogP contribution is -2.34. The molecule has 144 valence electrons. The first-order chi connectivity index (χ1) is 13.0. The number of non-ortho nitro benzene ring substituents is 1. The average Bonchev–Trinajstić information content (AvgIpc) is 3.30. The molecule has 2 amide bonds. The molecule has 3 rings (SSSR count). The number of urea groups is 1. The van der Waals surface area contributed by atoms with Crippen LogP contribution in [-0.2, 0) is 6.42 Å². The average molecular weight is 374 g/mol. The molecule has 1 saturated heterocycles.